The number of ether oxygens (including phenoxy) is 1. The van der Waals surface area contributed by atoms with Crippen LogP contribution >= 0.6 is 0 Å². The quantitative estimate of drug-likeness (QED) is 0.449. The fourth-order valence-electron chi connectivity index (χ4n) is 1.15. The minimum absolute atomic E-state index is 0.166. The van der Waals surface area contributed by atoms with Crippen molar-refractivity contribution in [3.8, 4) is 5.75 Å². The maximum Gasteiger partial charge on any atom is 0.273 e. The number of halogens is 1. The van der Waals surface area contributed by atoms with E-state index in [-0.39, 0.29) is 17.4 Å². The number of aldehydes is 1. The Labute approximate surface area is 91.0 Å². The number of nitro groups is 1. The standard InChI is InChI=1S/C10H10FNO4/c1-6(2)16-10-7(5-13)3-8(12(14)15)4-9(10)11/h3-6H,1-2H3. The van der Waals surface area contributed by atoms with Crippen LogP contribution in [0.5, 0.6) is 5.75 Å². The van der Waals surface area contributed by atoms with Crippen molar-refractivity contribution in [1.29, 1.82) is 0 Å². The summed E-state index contributed by atoms with van der Waals surface area (Å²) in [5.74, 6) is -1.17. The van der Waals surface area contributed by atoms with E-state index < -0.39 is 16.4 Å². The van der Waals surface area contributed by atoms with E-state index in [1.54, 1.807) is 13.8 Å². The lowest BCUT2D eigenvalue weighted by Gasteiger charge is -2.12. The lowest BCUT2D eigenvalue weighted by Crippen LogP contribution is -2.09. The SMILES string of the molecule is CC(C)Oc1c(F)cc([N+](=O)[O-])cc1C=O. The molecule has 0 spiro atoms. The molecule has 16 heavy (non-hydrogen) atoms. The van der Waals surface area contributed by atoms with Crippen LogP contribution in [0.25, 0.3) is 0 Å². The topological polar surface area (TPSA) is 69.4 Å². The Bertz CT molecular complexity index is 431. The first-order chi connectivity index (χ1) is 7.45. The maximum atomic E-state index is 13.4. The Hall–Kier alpha value is -1.98. The molecule has 1 aromatic carbocycles. The van der Waals surface area contributed by atoms with Crippen molar-refractivity contribution in [3.63, 3.8) is 0 Å². The van der Waals surface area contributed by atoms with E-state index in [1.807, 2.05) is 0 Å². The van der Waals surface area contributed by atoms with Crippen molar-refractivity contribution in [2.75, 3.05) is 0 Å². The van der Waals surface area contributed by atoms with E-state index in [4.69, 9.17) is 4.74 Å². The zero-order valence-electron chi connectivity index (χ0n) is 8.77. The van der Waals surface area contributed by atoms with Crippen LogP contribution in [0.15, 0.2) is 12.1 Å². The molecule has 0 saturated heterocycles. The molecule has 1 rings (SSSR count). The second-order valence-electron chi connectivity index (χ2n) is 3.39. The first kappa shape index (κ1) is 12.1. The summed E-state index contributed by atoms with van der Waals surface area (Å²) in [6, 6.07) is 1.71. The van der Waals surface area contributed by atoms with Crippen LogP contribution in [0.1, 0.15) is 24.2 Å². The van der Waals surface area contributed by atoms with Crippen LogP contribution in [0, 0.1) is 15.9 Å². The van der Waals surface area contributed by atoms with E-state index in [2.05, 4.69) is 0 Å². The first-order valence-corrected chi connectivity index (χ1v) is 4.55. The van der Waals surface area contributed by atoms with Crippen LogP contribution in [-0.2, 0) is 0 Å². The van der Waals surface area contributed by atoms with E-state index in [1.165, 1.54) is 0 Å². The van der Waals surface area contributed by atoms with Crippen LogP contribution in [0.4, 0.5) is 10.1 Å². The van der Waals surface area contributed by atoms with Crippen LogP contribution in [-0.4, -0.2) is 17.3 Å². The Morgan fingerprint density at radius 2 is 2.12 bits per heavy atom. The fraction of sp³-hybridized carbons (Fsp3) is 0.300. The smallest absolute Gasteiger partial charge is 0.273 e. The van der Waals surface area contributed by atoms with Crippen molar-refractivity contribution in [2.24, 2.45) is 0 Å². The summed E-state index contributed by atoms with van der Waals surface area (Å²) >= 11 is 0. The summed E-state index contributed by atoms with van der Waals surface area (Å²) in [5.41, 5.74) is -0.642. The molecular weight excluding hydrogens is 217 g/mol. The molecule has 0 unspecified atom stereocenters. The van der Waals surface area contributed by atoms with Crippen LogP contribution in [0.2, 0.25) is 0 Å². The third kappa shape index (κ3) is 2.53. The largest absolute Gasteiger partial charge is 0.487 e. The fourth-order valence-corrected chi connectivity index (χ4v) is 1.15. The molecule has 5 nitrogen and oxygen atoms in total. The van der Waals surface area contributed by atoms with Crippen molar-refractivity contribution in [2.45, 2.75) is 20.0 Å². The molecule has 0 aliphatic rings. The van der Waals surface area contributed by atoms with Crippen LogP contribution in [0.3, 0.4) is 0 Å². The Balaban J connectivity index is 3.28. The number of hydrogen-bond donors (Lipinski definition) is 0. The zero-order chi connectivity index (χ0) is 12.3. The monoisotopic (exact) mass is 227 g/mol. The van der Waals surface area contributed by atoms with Gasteiger partial charge in [0.15, 0.2) is 17.9 Å². The van der Waals surface area contributed by atoms with Gasteiger partial charge in [-0.15, -0.1) is 0 Å². The maximum absolute atomic E-state index is 13.4. The van der Waals surface area contributed by atoms with Gasteiger partial charge in [-0.1, -0.05) is 0 Å². The van der Waals surface area contributed by atoms with Gasteiger partial charge in [-0.25, -0.2) is 4.39 Å². The van der Waals surface area contributed by atoms with Gasteiger partial charge >= 0.3 is 0 Å². The molecular formula is C10H10FNO4. The Morgan fingerprint density at radius 3 is 2.56 bits per heavy atom. The van der Waals surface area contributed by atoms with Gasteiger partial charge in [0, 0.05) is 6.07 Å². The lowest BCUT2D eigenvalue weighted by atomic mass is 10.2. The van der Waals surface area contributed by atoms with Gasteiger partial charge in [0.05, 0.1) is 22.7 Å². The number of rotatable bonds is 4. The molecule has 0 fully saturated rings. The van der Waals surface area contributed by atoms with Gasteiger partial charge in [0.25, 0.3) is 5.69 Å². The van der Waals surface area contributed by atoms with Crippen molar-refractivity contribution in [1.82, 2.24) is 0 Å². The second kappa shape index (κ2) is 4.69. The summed E-state index contributed by atoms with van der Waals surface area (Å²) in [6.07, 6.45) is 0.00278. The van der Waals surface area contributed by atoms with Gasteiger partial charge in [-0.2, -0.15) is 0 Å². The van der Waals surface area contributed by atoms with Gasteiger partial charge in [-0.05, 0) is 13.8 Å². The molecule has 0 saturated carbocycles. The molecule has 0 aliphatic carbocycles. The number of carbonyl (C=O) groups excluding carboxylic acids is 1. The van der Waals surface area contributed by atoms with Crippen LogP contribution < -0.4 is 4.74 Å². The Morgan fingerprint density at radius 1 is 1.50 bits per heavy atom. The summed E-state index contributed by atoms with van der Waals surface area (Å²) in [4.78, 5) is 20.3. The molecule has 0 amide bonds. The van der Waals surface area contributed by atoms with Gasteiger partial charge in [0.1, 0.15) is 0 Å². The molecule has 0 aromatic heterocycles. The van der Waals surface area contributed by atoms with E-state index >= 15 is 0 Å². The molecule has 0 aliphatic heterocycles. The minimum atomic E-state index is -0.912. The average Bonchev–Trinajstić information content (AvgIpc) is 2.19. The third-order valence-corrected chi connectivity index (χ3v) is 1.75. The number of benzene rings is 1. The highest BCUT2D eigenvalue weighted by atomic mass is 19.1. The number of non-ortho nitro benzene ring substituents is 1. The lowest BCUT2D eigenvalue weighted by molar-refractivity contribution is -0.385. The number of hydrogen-bond acceptors (Lipinski definition) is 4. The highest BCUT2D eigenvalue weighted by Gasteiger charge is 2.18. The second-order valence-corrected chi connectivity index (χ2v) is 3.39. The van der Waals surface area contributed by atoms with Gasteiger partial charge in [-0.3, -0.25) is 14.9 Å². The molecule has 0 N–H and O–H groups in total. The minimum Gasteiger partial charge on any atom is -0.487 e. The molecule has 1 aromatic rings. The first-order valence-electron chi connectivity index (χ1n) is 4.55. The summed E-state index contributed by atoms with van der Waals surface area (Å²) in [6.45, 7) is 3.32. The molecule has 0 atom stereocenters. The van der Waals surface area contributed by atoms with E-state index in [9.17, 15) is 19.3 Å². The summed E-state index contributed by atoms with van der Waals surface area (Å²) in [5, 5.41) is 10.4. The predicted molar refractivity (Wildman–Crippen MR) is 54.2 cm³/mol. The molecule has 0 bridgehead atoms. The highest BCUT2D eigenvalue weighted by Crippen LogP contribution is 2.27. The molecule has 0 radical (unpaired) electrons. The van der Waals surface area contributed by atoms with E-state index in [0.29, 0.717) is 6.29 Å². The number of nitro benzene ring substituents is 1. The molecule has 86 valence electrons. The molecule has 0 heterocycles. The molecule has 6 heteroatoms. The Kier molecular flexibility index (Phi) is 3.55. The predicted octanol–water partition coefficient (Wildman–Crippen LogP) is 2.33. The summed E-state index contributed by atoms with van der Waals surface area (Å²) in [7, 11) is 0. The van der Waals surface area contributed by atoms with E-state index in [0.717, 1.165) is 12.1 Å². The number of carbonyl (C=O) groups is 1. The van der Waals surface area contributed by atoms with Crippen molar-refractivity contribution < 1.29 is 18.8 Å². The number of nitrogens with zero attached hydrogens (tertiary/aromatic N) is 1. The normalized spacial score (nSPS) is 10.2. The zero-order valence-corrected chi connectivity index (χ0v) is 8.77. The summed E-state index contributed by atoms with van der Waals surface area (Å²) < 4.78 is 18.5. The van der Waals surface area contributed by atoms with Gasteiger partial charge in [0.2, 0.25) is 0 Å². The van der Waals surface area contributed by atoms with Crippen molar-refractivity contribution in [3.05, 3.63) is 33.6 Å². The highest BCUT2D eigenvalue weighted by molar-refractivity contribution is 5.80. The third-order valence-electron chi connectivity index (χ3n) is 1.75. The van der Waals surface area contributed by atoms with Gasteiger partial charge < -0.3 is 4.74 Å². The van der Waals surface area contributed by atoms with Crippen molar-refractivity contribution >= 4 is 12.0 Å². The average molecular weight is 227 g/mol.